The Morgan fingerprint density at radius 1 is 1.21 bits per heavy atom. The lowest BCUT2D eigenvalue weighted by Crippen LogP contribution is -2.26. The van der Waals surface area contributed by atoms with Gasteiger partial charge in [-0.05, 0) is 23.6 Å². The lowest BCUT2D eigenvalue weighted by Gasteiger charge is -2.23. The molecule has 2 rings (SSSR count). The zero-order chi connectivity index (χ0) is 14.2. The van der Waals surface area contributed by atoms with E-state index in [2.05, 4.69) is 10.1 Å². The Balaban J connectivity index is 2.33. The molecule has 4 nitrogen and oxygen atoms in total. The highest BCUT2D eigenvalue weighted by atomic mass is 19.2. The van der Waals surface area contributed by atoms with Crippen LogP contribution in [0.25, 0.3) is 11.4 Å². The third-order valence-corrected chi connectivity index (χ3v) is 2.82. The van der Waals surface area contributed by atoms with Crippen LogP contribution in [-0.4, -0.2) is 10.1 Å². The van der Waals surface area contributed by atoms with E-state index in [1.165, 1.54) is 6.07 Å². The third kappa shape index (κ3) is 2.78. The largest absolute Gasteiger partial charge is 0.337 e. The van der Waals surface area contributed by atoms with E-state index >= 15 is 0 Å². The molecule has 0 aliphatic rings. The molecule has 0 radical (unpaired) electrons. The predicted octanol–water partition coefficient (Wildman–Crippen LogP) is 3.06. The fraction of sp³-hybridized carbons (Fsp3) is 0.385. The number of nitrogens with zero attached hydrogens (tertiary/aromatic N) is 2. The molecule has 102 valence electrons. The van der Waals surface area contributed by atoms with Gasteiger partial charge < -0.3 is 10.3 Å². The van der Waals surface area contributed by atoms with Gasteiger partial charge in [0.25, 0.3) is 0 Å². The summed E-state index contributed by atoms with van der Waals surface area (Å²) in [4.78, 5) is 4.13. The number of benzene rings is 1. The van der Waals surface area contributed by atoms with Gasteiger partial charge in [-0.3, -0.25) is 0 Å². The molecule has 0 saturated carbocycles. The molecule has 0 aliphatic carbocycles. The normalized spacial score (nSPS) is 13.6. The standard InChI is InChI=1S/C13H15F2N3O/c1-13(2,3)10(16)12-17-11(18-19-12)7-4-5-8(14)9(15)6-7/h4-6,10H,16H2,1-3H3. The average molecular weight is 267 g/mol. The summed E-state index contributed by atoms with van der Waals surface area (Å²) >= 11 is 0. The predicted molar refractivity (Wildman–Crippen MR) is 66.0 cm³/mol. The van der Waals surface area contributed by atoms with Gasteiger partial charge in [-0.25, -0.2) is 8.78 Å². The van der Waals surface area contributed by atoms with E-state index in [1.54, 1.807) is 0 Å². The molecule has 0 aliphatic heterocycles. The van der Waals surface area contributed by atoms with Crippen molar-refractivity contribution in [3.05, 3.63) is 35.7 Å². The fourth-order valence-corrected chi connectivity index (χ4v) is 1.48. The molecule has 1 unspecified atom stereocenters. The summed E-state index contributed by atoms with van der Waals surface area (Å²) in [5, 5.41) is 3.74. The van der Waals surface area contributed by atoms with Crippen molar-refractivity contribution >= 4 is 0 Å². The summed E-state index contributed by atoms with van der Waals surface area (Å²) in [6, 6.07) is 2.99. The van der Waals surface area contributed by atoms with E-state index in [9.17, 15) is 8.78 Å². The molecular weight excluding hydrogens is 252 g/mol. The molecule has 19 heavy (non-hydrogen) atoms. The van der Waals surface area contributed by atoms with Crippen molar-refractivity contribution in [3.8, 4) is 11.4 Å². The molecule has 1 aromatic heterocycles. The third-order valence-electron chi connectivity index (χ3n) is 2.82. The first-order chi connectivity index (χ1) is 8.79. The molecule has 1 heterocycles. The minimum atomic E-state index is -0.955. The molecule has 0 spiro atoms. The highest BCUT2D eigenvalue weighted by Gasteiger charge is 2.27. The van der Waals surface area contributed by atoms with E-state index in [4.69, 9.17) is 10.3 Å². The molecule has 0 amide bonds. The van der Waals surface area contributed by atoms with E-state index in [0.717, 1.165) is 12.1 Å². The summed E-state index contributed by atoms with van der Waals surface area (Å²) in [7, 11) is 0. The zero-order valence-electron chi connectivity index (χ0n) is 10.9. The highest BCUT2D eigenvalue weighted by molar-refractivity contribution is 5.54. The van der Waals surface area contributed by atoms with Gasteiger partial charge in [0.15, 0.2) is 11.6 Å². The van der Waals surface area contributed by atoms with Gasteiger partial charge in [0, 0.05) is 5.56 Å². The van der Waals surface area contributed by atoms with E-state index in [0.29, 0.717) is 5.56 Å². The number of nitrogens with two attached hydrogens (primary N) is 1. The molecule has 2 N–H and O–H groups in total. The van der Waals surface area contributed by atoms with Gasteiger partial charge in [-0.1, -0.05) is 25.9 Å². The highest BCUT2D eigenvalue weighted by Crippen LogP contribution is 2.30. The Kier molecular flexibility index (Phi) is 3.36. The van der Waals surface area contributed by atoms with Crippen LogP contribution in [0.3, 0.4) is 0 Å². The fourth-order valence-electron chi connectivity index (χ4n) is 1.48. The molecule has 0 saturated heterocycles. The maximum atomic E-state index is 13.1. The molecule has 0 fully saturated rings. The zero-order valence-corrected chi connectivity index (χ0v) is 10.9. The van der Waals surface area contributed by atoms with Crippen LogP contribution in [-0.2, 0) is 0 Å². The Bertz CT molecular complexity index is 590. The van der Waals surface area contributed by atoms with Crippen LogP contribution in [0, 0.1) is 17.0 Å². The molecular formula is C13H15F2N3O. The summed E-state index contributed by atoms with van der Waals surface area (Å²) in [5.41, 5.74) is 6.09. The lowest BCUT2D eigenvalue weighted by atomic mass is 9.87. The summed E-state index contributed by atoms with van der Waals surface area (Å²) < 4.78 is 31.1. The van der Waals surface area contributed by atoms with Crippen molar-refractivity contribution in [1.29, 1.82) is 0 Å². The molecule has 2 aromatic rings. The van der Waals surface area contributed by atoms with Crippen molar-refractivity contribution in [2.45, 2.75) is 26.8 Å². The van der Waals surface area contributed by atoms with Crippen molar-refractivity contribution in [3.63, 3.8) is 0 Å². The van der Waals surface area contributed by atoms with Gasteiger partial charge in [-0.15, -0.1) is 0 Å². The second kappa shape index (κ2) is 4.70. The molecule has 6 heteroatoms. The summed E-state index contributed by atoms with van der Waals surface area (Å²) in [5.74, 6) is -1.41. The van der Waals surface area contributed by atoms with Crippen LogP contribution in [0.1, 0.15) is 32.7 Å². The Labute approximate surface area is 109 Å². The number of halogens is 2. The van der Waals surface area contributed by atoms with E-state index in [1.807, 2.05) is 20.8 Å². The van der Waals surface area contributed by atoms with Crippen LogP contribution in [0.15, 0.2) is 22.7 Å². The minimum Gasteiger partial charge on any atom is -0.337 e. The van der Waals surface area contributed by atoms with Crippen molar-refractivity contribution in [2.75, 3.05) is 0 Å². The first-order valence-corrected chi connectivity index (χ1v) is 5.83. The van der Waals surface area contributed by atoms with Gasteiger partial charge in [0.2, 0.25) is 11.7 Å². The van der Waals surface area contributed by atoms with Gasteiger partial charge >= 0.3 is 0 Å². The van der Waals surface area contributed by atoms with Gasteiger partial charge in [0.1, 0.15) is 0 Å². The Morgan fingerprint density at radius 3 is 2.47 bits per heavy atom. The second-order valence-corrected chi connectivity index (χ2v) is 5.43. The Hall–Kier alpha value is -1.82. The maximum absolute atomic E-state index is 13.1. The SMILES string of the molecule is CC(C)(C)C(N)c1nc(-c2ccc(F)c(F)c2)no1. The number of rotatable bonds is 2. The number of aromatic nitrogens is 2. The smallest absolute Gasteiger partial charge is 0.244 e. The minimum absolute atomic E-state index is 0.189. The monoisotopic (exact) mass is 267 g/mol. The van der Waals surface area contributed by atoms with Crippen LogP contribution in [0.4, 0.5) is 8.78 Å². The summed E-state index contributed by atoms with van der Waals surface area (Å²) in [6.07, 6.45) is 0. The van der Waals surface area contributed by atoms with Gasteiger partial charge in [0.05, 0.1) is 6.04 Å². The van der Waals surface area contributed by atoms with Crippen molar-refractivity contribution < 1.29 is 13.3 Å². The van der Waals surface area contributed by atoms with Crippen LogP contribution in [0.5, 0.6) is 0 Å². The van der Waals surface area contributed by atoms with E-state index in [-0.39, 0.29) is 17.1 Å². The molecule has 1 atom stereocenters. The lowest BCUT2D eigenvalue weighted by molar-refractivity contribution is 0.253. The average Bonchev–Trinajstić information content (AvgIpc) is 2.79. The summed E-state index contributed by atoms with van der Waals surface area (Å²) in [6.45, 7) is 5.83. The molecule has 0 bridgehead atoms. The van der Waals surface area contributed by atoms with Gasteiger partial charge in [-0.2, -0.15) is 4.98 Å². The maximum Gasteiger partial charge on any atom is 0.244 e. The first kappa shape index (κ1) is 13.6. The number of hydrogen-bond donors (Lipinski definition) is 1. The number of hydrogen-bond acceptors (Lipinski definition) is 4. The van der Waals surface area contributed by atoms with E-state index < -0.39 is 17.7 Å². The van der Waals surface area contributed by atoms with Crippen molar-refractivity contribution in [1.82, 2.24) is 10.1 Å². The second-order valence-electron chi connectivity index (χ2n) is 5.43. The Morgan fingerprint density at radius 2 is 1.89 bits per heavy atom. The van der Waals surface area contributed by atoms with Crippen LogP contribution in [0.2, 0.25) is 0 Å². The molecule has 1 aromatic carbocycles. The topological polar surface area (TPSA) is 64.9 Å². The first-order valence-electron chi connectivity index (χ1n) is 5.83. The van der Waals surface area contributed by atoms with Crippen LogP contribution >= 0.6 is 0 Å². The van der Waals surface area contributed by atoms with Crippen molar-refractivity contribution in [2.24, 2.45) is 11.1 Å². The quantitative estimate of drug-likeness (QED) is 0.908. The van der Waals surface area contributed by atoms with Crippen LogP contribution < -0.4 is 5.73 Å².